The molecule has 4 heteroatoms. The average molecular weight is 330 g/mol. The Balaban J connectivity index is 1.66. The van der Waals surface area contributed by atoms with E-state index in [1.807, 2.05) is 17.9 Å². The first-order valence-electron chi connectivity index (χ1n) is 9.42. The molecule has 0 radical (unpaired) electrons. The number of nitrogens with zero attached hydrogens (tertiary/aromatic N) is 1. The second-order valence-corrected chi connectivity index (χ2v) is 7.20. The van der Waals surface area contributed by atoms with Crippen molar-refractivity contribution in [3.63, 3.8) is 0 Å². The van der Waals surface area contributed by atoms with Gasteiger partial charge in [0.25, 0.3) is 5.91 Å². The summed E-state index contributed by atoms with van der Waals surface area (Å²) in [7, 11) is 0. The molecule has 1 aromatic rings. The molecule has 1 aromatic carbocycles. The summed E-state index contributed by atoms with van der Waals surface area (Å²) < 4.78 is 6.12. The predicted molar refractivity (Wildman–Crippen MR) is 95.7 cm³/mol. The average Bonchev–Trinajstić information content (AvgIpc) is 3.29. The Kier molecular flexibility index (Phi) is 5.90. The molecular weight excluding hydrogens is 300 g/mol. The molecule has 1 heterocycles. The van der Waals surface area contributed by atoms with Gasteiger partial charge in [0.05, 0.1) is 6.10 Å². The highest BCUT2D eigenvalue weighted by atomic mass is 16.5. The molecule has 2 N–H and O–H groups in total. The van der Waals surface area contributed by atoms with E-state index in [0.717, 1.165) is 32.4 Å². The molecular formula is C20H30N2O2. The summed E-state index contributed by atoms with van der Waals surface area (Å²) in [5.41, 5.74) is 7.28. The van der Waals surface area contributed by atoms with Crippen molar-refractivity contribution in [1.29, 1.82) is 0 Å². The van der Waals surface area contributed by atoms with Crippen LogP contribution in [0.2, 0.25) is 0 Å². The van der Waals surface area contributed by atoms with Crippen LogP contribution >= 0.6 is 0 Å². The van der Waals surface area contributed by atoms with Gasteiger partial charge in [0.2, 0.25) is 0 Å². The summed E-state index contributed by atoms with van der Waals surface area (Å²) in [5.74, 6) is 0.825. The predicted octanol–water partition coefficient (Wildman–Crippen LogP) is 2.93. The molecule has 1 aliphatic carbocycles. The molecule has 3 atom stereocenters. The van der Waals surface area contributed by atoms with E-state index >= 15 is 0 Å². The van der Waals surface area contributed by atoms with Crippen molar-refractivity contribution in [3.8, 4) is 0 Å². The lowest BCUT2D eigenvalue weighted by Crippen LogP contribution is -2.40. The summed E-state index contributed by atoms with van der Waals surface area (Å²) in [4.78, 5) is 14.9. The molecule has 3 rings (SSSR count). The Labute approximate surface area is 145 Å². The Bertz CT molecular complexity index is 528. The first-order chi connectivity index (χ1) is 11.7. The molecule has 0 bridgehead atoms. The third-order valence-electron chi connectivity index (χ3n) is 5.59. The summed E-state index contributed by atoms with van der Waals surface area (Å²) in [6.45, 7) is 4.17. The fourth-order valence-corrected chi connectivity index (χ4v) is 4.16. The highest BCUT2D eigenvalue weighted by molar-refractivity contribution is 5.81. The molecule has 132 valence electrons. The van der Waals surface area contributed by atoms with Gasteiger partial charge in [-0.25, -0.2) is 0 Å². The van der Waals surface area contributed by atoms with E-state index in [1.165, 1.54) is 18.4 Å². The highest BCUT2D eigenvalue weighted by Crippen LogP contribution is 2.33. The van der Waals surface area contributed by atoms with Crippen molar-refractivity contribution in [3.05, 3.63) is 35.9 Å². The smallest absolute Gasteiger partial charge is 0.251 e. The molecule has 1 unspecified atom stereocenters. The van der Waals surface area contributed by atoms with Crippen LogP contribution in [0.25, 0.3) is 0 Å². The molecule has 2 fully saturated rings. The maximum Gasteiger partial charge on any atom is 0.251 e. The number of carbonyl (C=O) groups is 1. The minimum Gasteiger partial charge on any atom is -0.365 e. The van der Waals surface area contributed by atoms with Crippen molar-refractivity contribution in [1.82, 2.24) is 4.90 Å². The van der Waals surface area contributed by atoms with Gasteiger partial charge < -0.3 is 15.4 Å². The van der Waals surface area contributed by atoms with Gasteiger partial charge in [-0.3, -0.25) is 4.79 Å². The fourth-order valence-electron chi connectivity index (χ4n) is 4.16. The van der Waals surface area contributed by atoms with Gasteiger partial charge in [-0.05, 0) is 37.3 Å². The molecule has 1 aliphatic heterocycles. The number of benzene rings is 1. The number of likely N-dealkylation sites (tertiary alicyclic amines) is 1. The Morgan fingerprint density at radius 2 is 1.96 bits per heavy atom. The number of amides is 1. The molecule has 1 amide bonds. The molecule has 1 saturated carbocycles. The number of nitrogens with two attached hydrogens (primary N) is 1. The monoisotopic (exact) mass is 330 g/mol. The fraction of sp³-hybridized carbons (Fsp3) is 0.650. The van der Waals surface area contributed by atoms with E-state index in [2.05, 4.69) is 24.3 Å². The lowest BCUT2D eigenvalue weighted by Gasteiger charge is -2.25. The maximum atomic E-state index is 13.0. The van der Waals surface area contributed by atoms with E-state index in [1.54, 1.807) is 0 Å². The van der Waals surface area contributed by atoms with Crippen molar-refractivity contribution < 1.29 is 9.53 Å². The van der Waals surface area contributed by atoms with E-state index in [4.69, 9.17) is 10.5 Å². The van der Waals surface area contributed by atoms with Crippen LogP contribution < -0.4 is 5.73 Å². The summed E-state index contributed by atoms with van der Waals surface area (Å²) >= 11 is 0. The van der Waals surface area contributed by atoms with Crippen LogP contribution in [0.1, 0.15) is 50.5 Å². The van der Waals surface area contributed by atoms with Crippen LogP contribution in [-0.4, -0.2) is 42.6 Å². The van der Waals surface area contributed by atoms with Crippen molar-refractivity contribution in [2.75, 3.05) is 19.6 Å². The second kappa shape index (κ2) is 8.13. The lowest BCUT2D eigenvalue weighted by atomic mass is 9.89. The van der Waals surface area contributed by atoms with Crippen LogP contribution in [-0.2, 0) is 9.53 Å². The molecule has 24 heavy (non-hydrogen) atoms. The quantitative estimate of drug-likeness (QED) is 0.872. The zero-order valence-corrected chi connectivity index (χ0v) is 14.7. The van der Waals surface area contributed by atoms with Gasteiger partial charge in [-0.1, -0.05) is 50.1 Å². The van der Waals surface area contributed by atoms with E-state index in [-0.39, 0.29) is 18.1 Å². The van der Waals surface area contributed by atoms with E-state index < -0.39 is 0 Å². The van der Waals surface area contributed by atoms with Crippen LogP contribution in [0.4, 0.5) is 0 Å². The topological polar surface area (TPSA) is 55.6 Å². The number of carbonyl (C=O) groups excluding carboxylic acids is 1. The van der Waals surface area contributed by atoms with Gasteiger partial charge in [0.1, 0.15) is 6.10 Å². The number of hydrogen-bond donors (Lipinski definition) is 1. The first-order valence-corrected chi connectivity index (χ1v) is 9.42. The minimum absolute atomic E-state index is 0.154. The first kappa shape index (κ1) is 17.4. The zero-order chi connectivity index (χ0) is 16.9. The van der Waals surface area contributed by atoms with Crippen LogP contribution in [0, 0.1) is 5.92 Å². The van der Waals surface area contributed by atoms with Gasteiger partial charge in [-0.2, -0.15) is 0 Å². The third-order valence-corrected chi connectivity index (χ3v) is 5.59. The molecule has 0 aromatic heterocycles. The second-order valence-electron chi connectivity index (χ2n) is 7.20. The van der Waals surface area contributed by atoms with E-state index in [9.17, 15) is 4.79 Å². The highest BCUT2D eigenvalue weighted by Gasteiger charge is 2.38. The summed E-state index contributed by atoms with van der Waals surface area (Å²) in [5, 5.41) is 0. The Morgan fingerprint density at radius 3 is 2.58 bits per heavy atom. The maximum absolute atomic E-state index is 13.0. The Morgan fingerprint density at radius 1 is 1.25 bits per heavy atom. The van der Waals surface area contributed by atoms with Crippen molar-refractivity contribution in [2.45, 2.75) is 57.2 Å². The van der Waals surface area contributed by atoms with Gasteiger partial charge in [0, 0.05) is 19.0 Å². The molecule has 4 nitrogen and oxygen atoms in total. The SMILES string of the molecule is CCC(OC1CCCC1)C(=O)N1C[C@@H](CN)[C@H](c2ccccc2)C1. The molecule has 1 saturated heterocycles. The molecule has 0 spiro atoms. The summed E-state index contributed by atoms with van der Waals surface area (Å²) in [6.07, 6.45) is 5.38. The van der Waals surface area contributed by atoms with Crippen molar-refractivity contribution in [2.24, 2.45) is 11.7 Å². The largest absolute Gasteiger partial charge is 0.365 e. The number of hydrogen-bond acceptors (Lipinski definition) is 3. The van der Waals surface area contributed by atoms with Crippen LogP contribution in [0.5, 0.6) is 0 Å². The lowest BCUT2D eigenvalue weighted by molar-refractivity contribution is -0.146. The standard InChI is InChI=1S/C20H30N2O2/c1-2-19(24-17-10-6-7-11-17)20(23)22-13-16(12-21)18(14-22)15-8-4-3-5-9-15/h3-5,8-9,16-19H,2,6-7,10-14,21H2,1H3/t16-,18+,19?/m1/s1. The van der Waals surface area contributed by atoms with Crippen LogP contribution in [0.3, 0.4) is 0 Å². The van der Waals surface area contributed by atoms with Gasteiger partial charge >= 0.3 is 0 Å². The van der Waals surface area contributed by atoms with E-state index in [0.29, 0.717) is 18.4 Å². The van der Waals surface area contributed by atoms with Gasteiger partial charge in [0.15, 0.2) is 0 Å². The van der Waals surface area contributed by atoms with Crippen LogP contribution in [0.15, 0.2) is 30.3 Å². The minimum atomic E-state index is -0.291. The van der Waals surface area contributed by atoms with Crippen molar-refractivity contribution >= 4 is 5.91 Å². The summed E-state index contributed by atoms with van der Waals surface area (Å²) in [6, 6.07) is 10.4. The number of rotatable bonds is 6. The molecule has 2 aliphatic rings. The Hall–Kier alpha value is -1.39. The normalized spacial score (nSPS) is 26.0. The van der Waals surface area contributed by atoms with Gasteiger partial charge in [-0.15, -0.1) is 0 Å². The number of ether oxygens (including phenoxy) is 1. The third kappa shape index (κ3) is 3.81. The zero-order valence-electron chi connectivity index (χ0n) is 14.7.